The summed E-state index contributed by atoms with van der Waals surface area (Å²) in [6, 6.07) is 4.17. The first kappa shape index (κ1) is 11.1. The van der Waals surface area contributed by atoms with Gasteiger partial charge in [-0.3, -0.25) is 0 Å². The van der Waals surface area contributed by atoms with Crippen LogP contribution in [0.2, 0.25) is 0 Å². The first-order valence-corrected chi connectivity index (χ1v) is 7.19. The number of nitrogens with zero attached hydrogens (tertiary/aromatic N) is 2. The number of hydrogen-bond acceptors (Lipinski definition) is 4. The molecule has 0 N–H and O–H groups in total. The Labute approximate surface area is 100 Å². The second-order valence-electron chi connectivity index (χ2n) is 4.12. The normalized spacial score (nSPS) is 18.1. The van der Waals surface area contributed by atoms with Gasteiger partial charge >= 0.3 is 0 Å². The molecule has 2 heterocycles. The molecular weight excluding hydrogens is 224 g/mol. The van der Waals surface area contributed by atoms with E-state index in [0.29, 0.717) is 0 Å². The smallest absolute Gasteiger partial charge is 0.106 e. The average molecular weight is 240 g/mol. The van der Waals surface area contributed by atoms with Gasteiger partial charge in [0.15, 0.2) is 0 Å². The van der Waals surface area contributed by atoms with Crippen molar-refractivity contribution in [2.75, 3.05) is 18.0 Å². The Hall–Kier alpha value is -0.350. The van der Waals surface area contributed by atoms with E-state index in [4.69, 9.17) is 0 Å². The topological polar surface area (TPSA) is 16.1 Å². The molecule has 2 nitrogen and oxygen atoms in total. The molecule has 0 aromatic carbocycles. The van der Waals surface area contributed by atoms with Crippen molar-refractivity contribution in [3.05, 3.63) is 18.3 Å². The summed E-state index contributed by atoms with van der Waals surface area (Å²) in [6.45, 7) is 4.66. The Morgan fingerprint density at radius 2 is 2.13 bits per heavy atom. The molecule has 15 heavy (non-hydrogen) atoms. The largest absolute Gasteiger partial charge is 0.370 e. The molecule has 1 aromatic rings. The highest BCUT2D eigenvalue weighted by Crippen LogP contribution is 2.25. The highest BCUT2D eigenvalue weighted by molar-refractivity contribution is 8.68. The lowest BCUT2D eigenvalue weighted by molar-refractivity contribution is 0.438. The quantitative estimate of drug-likeness (QED) is 0.631. The zero-order valence-corrected chi connectivity index (χ0v) is 10.6. The minimum Gasteiger partial charge on any atom is -0.370 e. The Morgan fingerprint density at radius 3 is 2.67 bits per heavy atom. The van der Waals surface area contributed by atoms with Crippen molar-refractivity contribution >= 4 is 28.1 Å². The lowest BCUT2D eigenvalue weighted by Gasteiger charge is -2.31. The van der Waals surface area contributed by atoms with Crippen molar-refractivity contribution in [3.63, 3.8) is 0 Å². The van der Waals surface area contributed by atoms with Gasteiger partial charge in [-0.2, -0.15) is 0 Å². The molecule has 0 amide bonds. The van der Waals surface area contributed by atoms with Crippen molar-refractivity contribution in [1.82, 2.24) is 4.98 Å². The van der Waals surface area contributed by atoms with Gasteiger partial charge in [0.2, 0.25) is 0 Å². The summed E-state index contributed by atoms with van der Waals surface area (Å²) in [4.78, 5) is 6.75. The highest BCUT2D eigenvalue weighted by Gasteiger charge is 2.15. The number of anilines is 1. The first-order valence-electron chi connectivity index (χ1n) is 5.32. The van der Waals surface area contributed by atoms with Gasteiger partial charge in [0.05, 0.1) is 11.9 Å². The predicted octanol–water partition coefficient (Wildman–Crippen LogP) is 3.25. The fraction of sp³-hybridized carbons (Fsp3) is 0.545. The maximum atomic E-state index is 4.34. The molecular formula is C11H16N2S2. The number of aromatic nitrogens is 1. The van der Waals surface area contributed by atoms with Crippen LogP contribution in [0.4, 0.5) is 5.69 Å². The standard InChI is InChI=1S/C11H16N2S2/c1-9-4-6-13(7-5-9)10-2-3-11(15-14)12-8-10/h2-3,8-9,14H,4-7H2,1H3. The molecule has 4 heteroatoms. The van der Waals surface area contributed by atoms with Gasteiger partial charge in [-0.15, -0.1) is 11.7 Å². The SMILES string of the molecule is CC1CCN(c2ccc(SS)nc2)CC1. The zero-order chi connectivity index (χ0) is 10.7. The molecule has 1 aromatic heterocycles. The summed E-state index contributed by atoms with van der Waals surface area (Å²) in [5, 5.41) is 0.965. The lowest BCUT2D eigenvalue weighted by Crippen LogP contribution is -2.32. The summed E-state index contributed by atoms with van der Waals surface area (Å²) < 4.78 is 0. The first-order chi connectivity index (χ1) is 7.29. The fourth-order valence-corrected chi connectivity index (χ4v) is 2.43. The monoisotopic (exact) mass is 240 g/mol. The molecule has 1 saturated heterocycles. The number of rotatable bonds is 2. The zero-order valence-electron chi connectivity index (χ0n) is 8.89. The Kier molecular flexibility index (Phi) is 3.81. The van der Waals surface area contributed by atoms with E-state index in [1.165, 1.54) is 29.3 Å². The molecule has 0 spiro atoms. The summed E-state index contributed by atoms with van der Waals surface area (Å²) >= 11 is 4.12. The van der Waals surface area contributed by atoms with Gasteiger partial charge in [0.25, 0.3) is 0 Å². The van der Waals surface area contributed by atoms with E-state index in [1.807, 2.05) is 12.3 Å². The van der Waals surface area contributed by atoms with Crippen LogP contribution in [0.15, 0.2) is 23.4 Å². The molecule has 0 atom stereocenters. The van der Waals surface area contributed by atoms with Crippen LogP contribution in [0, 0.1) is 5.92 Å². The molecule has 0 aliphatic carbocycles. The Morgan fingerprint density at radius 1 is 1.40 bits per heavy atom. The van der Waals surface area contributed by atoms with Crippen LogP contribution >= 0.6 is 22.5 Å². The second kappa shape index (κ2) is 5.12. The summed E-state index contributed by atoms with van der Waals surface area (Å²) in [7, 11) is 1.39. The molecule has 0 radical (unpaired) electrons. The van der Waals surface area contributed by atoms with E-state index in [9.17, 15) is 0 Å². The van der Waals surface area contributed by atoms with Gasteiger partial charge in [-0.25, -0.2) is 4.98 Å². The van der Waals surface area contributed by atoms with E-state index in [0.717, 1.165) is 24.0 Å². The van der Waals surface area contributed by atoms with Crippen LogP contribution in [0.5, 0.6) is 0 Å². The Balaban J connectivity index is 2.03. The van der Waals surface area contributed by atoms with Crippen molar-refractivity contribution in [3.8, 4) is 0 Å². The number of piperidine rings is 1. The number of pyridine rings is 1. The van der Waals surface area contributed by atoms with E-state index in [1.54, 1.807) is 0 Å². The van der Waals surface area contributed by atoms with Crippen molar-refractivity contribution < 1.29 is 0 Å². The van der Waals surface area contributed by atoms with Gasteiger partial charge in [0, 0.05) is 13.1 Å². The average Bonchev–Trinajstić information content (AvgIpc) is 2.30. The molecule has 1 fully saturated rings. The molecule has 1 aliphatic heterocycles. The third-order valence-electron chi connectivity index (χ3n) is 2.96. The lowest BCUT2D eigenvalue weighted by atomic mass is 9.99. The molecule has 0 bridgehead atoms. The Bertz CT molecular complexity index is 305. The van der Waals surface area contributed by atoms with Crippen LogP contribution in [-0.4, -0.2) is 18.1 Å². The summed E-state index contributed by atoms with van der Waals surface area (Å²) in [5.74, 6) is 0.876. The second-order valence-corrected chi connectivity index (χ2v) is 5.26. The van der Waals surface area contributed by atoms with E-state index < -0.39 is 0 Å². The van der Waals surface area contributed by atoms with E-state index >= 15 is 0 Å². The number of thiol groups is 1. The third-order valence-corrected chi connectivity index (χ3v) is 3.95. The molecule has 0 unspecified atom stereocenters. The van der Waals surface area contributed by atoms with Crippen molar-refractivity contribution in [1.29, 1.82) is 0 Å². The minimum absolute atomic E-state index is 0.876. The fourth-order valence-electron chi connectivity index (χ4n) is 1.88. The van der Waals surface area contributed by atoms with Crippen LogP contribution in [-0.2, 0) is 0 Å². The minimum atomic E-state index is 0.876. The van der Waals surface area contributed by atoms with Gasteiger partial charge in [-0.1, -0.05) is 6.92 Å². The van der Waals surface area contributed by atoms with Crippen LogP contribution in [0.3, 0.4) is 0 Å². The van der Waals surface area contributed by atoms with Gasteiger partial charge < -0.3 is 4.90 Å². The van der Waals surface area contributed by atoms with Crippen LogP contribution < -0.4 is 4.90 Å². The van der Waals surface area contributed by atoms with Crippen molar-refractivity contribution in [2.24, 2.45) is 5.92 Å². The summed E-state index contributed by atoms with van der Waals surface area (Å²) in [5.41, 5.74) is 1.24. The predicted molar refractivity (Wildman–Crippen MR) is 69.7 cm³/mol. The van der Waals surface area contributed by atoms with Crippen LogP contribution in [0.25, 0.3) is 0 Å². The van der Waals surface area contributed by atoms with Crippen molar-refractivity contribution in [2.45, 2.75) is 24.8 Å². The van der Waals surface area contributed by atoms with Gasteiger partial charge in [0.1, 0.15) is 5.03 Å². The molecule has 0 saturated carbocycles. The molecule has 2 rings (SSSR count). The van der Waals surface area contributed by atoms with Crippen LogP contribution in [0.1, 0.15) is 19.8 Å². The summed E-state index contributed by atoms with van der Waals surface area (Å²) in [6.07, 6.45) is 4.54. The van der Waals surface area contributed by atoms with E-state index in [2.05, 4.69) is 34.5 Å². The number of hydrogen-bond donors (Lipinski definition) is 1. The van der Waals surface area contributed by atoms with E-state index in [-0.39, 0.29) is 0 Å². The molecule has 82 valence electrons. The molecule has 1 aliphatic rings. The third kappa shape index (κ3) is 2.82. The highest BCUT2D eigenvalue weighted by atomic mass is 33.1. The van der Waals surface area contributed by atoms with Gasteiger partial charge in [-0.05, 0) is 41.7 Å². The maximum Gasteiger partial charge on any atom is 0.106 e. The maximum absolute atomic E-state index is 4.34.